The molecule has 2 nitrogen and oxygen atoms in total. The summed E-state index contributed by atoms with van der Waals surface area (Å²) in [6.45, 7) is 2.34. The highest BCUT2D eigenvalue weighted by Crippen LogP contribution is 2.32. The Kier molecular flexibility index (Phi) is 3.85. The van der Waals surface area contributed by atoms with Gasteiger partial charge in [0, 0.05) is 18.4 Å². The van der Waals surface area contributed by atoms with Gasteiger partial charge in [-0.05, 0) is 37.3 Å². The Morgan fingerprint density at radius 1 is 1.39 bits per heavy atom. The fourth-order valence-corrected chi connectivity index (χ4v) is 4.27. The van der Waals surface area contributed by atoms with Gasteiger partial charge in [-0.2, -0.15) is 0 Å². The van der Waals surface area contributed by atoms with Gasteiger partial charge in [0.2, 0.25) is 0 Å². The molecular weight excluding hydrogens is 308 g/mol. The molecule has 2 heterocycles. The molecule has 0 bridgehead atoms. The minimum atomic E-state index is 0.824. The standard InChI is InChI=1S/C14H17BrN2S/c15-8-7-11-4-3-9-17(10-11)14-16-12-5-1-2-6-13(12)18-14/h1-2,5-6,11H,3-4,7-10H2. The molecule has 1 aliphatic rings. The van der Waals surface area contributed by atoms with Gasteiger partial charge >= 0.3 is 0 Å². The molecule has 1 atom stereocenters. The number of halogens is 1. The third-order valence-electron chi connectivity index (χ3n) is 3.59. The molecule has 1 saturated heterocycles. The predicted molar refractivity (Wildman–Crippen MR) is 83.0 cm³/mol. The number of benzene rings is 1. The molecule has 0 saturated carbocycles. The Balaban J connectivity index is 1.80. The highest BCUT2D eigenvalue weighted by molar-refractivity contribution is 9.09. The quantitative estimate of drug-likeness (QED) is 0.782. The molecule has 1 aliphatic heterocycles. The van der Waals surface area contributed by atoms with Crippen LogP contribution in [0.5, 0.6) is 0 Å². The lowest BCUT2D eigenvalue weighted by molar-refractivity contribution is 0.407. The van der Waals surface area contributed by atoms with E-state index in [1.807, 2.05) is 11.3 Å². The number of anilines is 1. The number of nitrogens with zero attached hydrogens (tertiary/aromatic N) is 2. The van der Waals surface area contributed by atoms with E-state index in [0.717, 1.165) is 16.8 Å². The average Bonchev–Trinajstić information content (AvgIpc) is 2.83. The molecular formula is C14H17BrN2S. The van der Waals surface area contributed by atoms with Crippen molar-refractivity contribution < 1.29 is 0 Å². The highest BCUT2D eigenvalue weighted by Gasteiger charge is 2.21. The van der Waals surface area contributed by atoms with E-state index in [-0.39, 0.29) is 0 Å². The van der Waals surface area contributed by atoms with Gasteiger partial charge in [-0.3, -0.25) is 0 Å². The summed E-state index contributed by atoms with van der Waals surface area (Å²) in [6, 6.07) is 8.43. The molecule has 1 aromatic carbocycles. The molecule has 18 heavy (non-hydrogen) atoms. The molecule has 0 radical (unpaired) electrons. The Labute approximate surface area is 120 Å². The maximum absolute atomic E-state index is 4.76. The monoisotopic (exact) mass is 324 g/mol. The van der Waals surface area contributed by atoms with E-state index in [1.54, 1.807) is 0 Å². The first kappa shape index (κ1) is 12.4. The molecule has 2 aromatic rings. The largest absolute Gasteiger partial charge is 0.348 e. The van der Waals surface area contributed by atoms with E-state index in [9.17, 15) is 0 Å². The minimum absolute atomic E-state index is 0.824. The summed E-state index contributed by atoms with van der Waals surface area (Å²) < 4.78 is 1.30. The Hall–Kier alpha value is -0.610. The molecule has 0 amide bonds. The van der Waals surface area contributed by atoms with Crippen molar-refractivity contribution in [2.45, 2.75) is 19.3 Å². The lowest BCUT2D eigenvalue weighted by atomic mass is 9.96. The van der Waals surface area contributed by atoms with Crippen LogP contribution in [0.15, 0.2) is 24.3 Å². The van der Waals surface area contributed by atoms with Crippen LogP contribution < -0.4 is 4.90 Å². The molecule has 4 heteroatoms. The van der Waals surface area contributed by atoms with Crippen LogP contribution in [-0.4, -0.2) is 23.4 Å². The van der Waals surface area contributed by atoms with Crippen LogP contribution in [-0.2, 0) is 0 Å². The second-order valence-electron chi connectivity index (χ2n) is 4.90. The molecule has 96 valence electrons. The lowest BCUT2D eigenvalue weighted by Crippen LogP contribution is -2.35. The fourth-order valence-electron chi connectivity index (χ4n) is 2.62. The zero-order valence-electron chi connectivity index (χ0n) is 10.3. The normalized spacial score (nSPS) is 20.5. The Morgan fingerprint density at radius 3 is 3.11 bits per heavy atom. The van der Waals surface area contributed by atoms with Crippen molar-refractivity contribution in [3.63, 3.8) is 0 Å². The first-order chi connectivity index (χ1) is 8.86. The van der Waals surface area contributed by atoms with Crippen molar-refractivity contribution in [3.05, 3.63) is 24.3 Å². The van der Waals surface area contributed by atoms with E-state index in [4.69, 9.17) is 4.98 Å². The number of aromatic nitrogens is 1. The molecule has 0 spiro atoms. The molecule has 1 fully saturated rings. The fraction of sp³-hybridized carbons (Fsp3) is 0.500. The van der Waals surface area contributed by atoms with Gasteiger partial charge in [0.25, 0.3) is 0 Å². The van der Waals surface area contributed by atoms with Gasteiger partial charge < -0.3 is 4.90 Å². The highest BCUT2D eigenvalue weighted by atomic mass is 79.9. The number of fused-ring (bicyclic) bond motifs is 1. The van der Waals surface area contributed by atoms with Crippen molar-refractivity contribution in [2.24, 2.45) is 5.92 Å². The van der Waals surface area contributed by atoms with Crippen molar-refractivity contribution in [1.82, 2.24) is 4.98 Å². The summed E-state index contributed by atoms with van der Waals surface area (Å²) in [6.07, 6.45) is 3.95. The van der Waals surface area contributed by atoms with Crippen LogP contribution in [0.4, 0.5) is 5.13 Å². The number of thiazole rings is 1. The van der Waals surface area contributed by atoms with Crippen LogP contribution in [0.2, 0.25) is 0 Å². The topological polar surface area (TPSA) is 16.1 Å². The van der Waals surface area contributed by atoms with Crippen LogP contribution in [0.1, 0.15) is 19.3 Å². The number of para-hydroxylation sites is 1. The number of rotatable bonds is 3. The van der Waals surface area contributed by atoms with Crippen molar-refractivity contribution in [3.8, 4) is 0 Å². The molecule has 1 aromatic heterocycles. The van der Waals surface area contributed by atoms with Crippen molar-refractivity contribution in [2.75, 3.05) is 23.3 Å². The third-order valence-corrected chi connectivity index (χ3v) is 5.14. The van der Waals surface area contributed by atoms with Gasteiger partial charge in [-0.15, -0.1) is 0 Å². The molecule has 0 N–H and O–H groups in total. The molecule has 1 unspecified atom stereocenters. The predicted octanol–water partition coefficient (Wildman–Crippen LogP) is 4.30. The number of piperidine rings is 1. The number of alkyl halides is 1. The number of hydrogen-bond donors (Lipinski definition) is 0. The summed E-state index contributed by atoms with van der Waals surface area (Å²) in [5, 5.41) is 2.32. The van der Waals surface area contributed by atoms with Gasteiger partial charge in [-0.25, -0.2) is 4.98 Å². The van der Waals surface area contributed by atoms with E-state index in [2.05, 4.69) is 45.1 Å². The van der Waals surface area contributed by atoms with E-state index < -0.39 is 0 Å². The first-order valence-corrected chi connectivity index (χ1v) is 8.47. The van der Waals surface area contributed by atoms with Crippen molar-refractivity contribution in [1.29, 1.82) is 0 Å². The van der Waals surface area contributed by atoms with E-state index >= 15 is 0 Å². The molecule has 0 aliphatic carbocycles. The Bertz CT molecular complexity index is 490. The van der Waals surface area contributed by atoms with E-state index in [1.165, 1.54) is 42.2 Å². The average molecular weight is 325 g/mol. The third kappa shape index (κ3) is 2.54. The van der Waals surface area contributed by atoms with Gasteiger partial charge in [0.15, 0.2) is 5.13 Å². The summed E-state index contributed by atoms with van der Waals surface area (Å²) in [5.74, 6) is 0.824. The summed E-state index contributed by atoms with van der Waals surface area (Å²) in [5.41, 5.74) is 1.14. The smallest absolute Gasteiger partial charge is 0.186 e. The van der Waals surface area contributed by atoms with Crippen LogP contribution in [0, 0.1) is 5.92 Å². The van der Waals surface area contributed by atoms with Crippen LogP contribution >= 0.6 is 27.3 Å². The molecule has 3 rings (SSSR count). The van der Waals surface area contributed by atoms with E-state index in [0.29, 0.717) is 0 Å². The van der Waals surface area contributed by atoms with Gasteiger partial charge in [-0.1, -0.05) is 39.4 Å². The summed E-state index contributed by atoms with van der Waals surface area (Å²) >= 11 is 5.38. The minimum Gasteiger partial charge on any atom is -0.348 e. The Morgan fingerprint density at radius 2 is 2.28 bits per heavy atom. The second-order valence-corrected chi connectivity index (χ2v) is 6.70. The SMILES string of the molecule is BrCCC1CCCN(c2nc3ccccc3s2)C1. The van der Waals surface area contributed by atoms with Gasteiger partial charge in [0.05, 0.1) is 10.2 Å². The first-order valence-electron chi connectivity index (χ1n) is 6.53. The summed E-state index contributed by atoms with van der Waals surface area (Å²) in [7, 11) is 0. The summed E-state index contributed by atoms with van der Waals surface area (Å²) in [4.78, 5) is 7.24. The zero-order chi connectivity index (χ0) is 12.4. The second kappa shape index (κ2) is 5.57. The maximum Gasteiger partial charge on any atom is 0.186 e. The zero-order valence-corrected chi connectivity index (χ0v) is 12.7. The van der Waals surface area contributed by atoms with Crippen molar-refractivity contribution >= 4 is 42.6 Å². The van der Waals surface area contributed by atoms with Gasteiger partial charge in [0.1, 0.15) is 0 Å². The lowest BCUT2D eigenvalue weighted by Gasteiger charge is -2.32. The maximum atomic E-state index is 4.76. The van der Waals surface area contributed by atoms with Crippen LogP contribution in [0.25, 0.3) is 10.2 Å². The van der Waals surface area contributed by atoms with Crippen LogP contribution in [0.3, 0.4) is 0 Å². The number of hydrogen-bond acceptors (Lipinski definition) is 3.